The maximum Gasteiger partial charge on any atom is 0.335 e. The normalized spacial score (nSPS) is 9.56. The van der Waals surface area contributed by atoms with Crippen LogP contribution in [-0.2, 0) is 4.79 Å². The number of halogens is 1. The number of nitrogens with one attached hydrogen (secondary N) is 2. The lowest BCUT2D eigenvalue weighted by Gasteiger charge is -2.07. The van der Waals surface area contributed by atoms with E-state index < -0.39 is 5.97 Å². The van der Waals surface area contributed by atoms with Crippen LogP contribution in [0.4, 0.5) is 5.69 Å². The Bertz CT molecular complexity index is 509. The number of rotatable bonds is 5. The second-order valence-corrected chi connectivity index (χ2v) is 3.76. The van der Waals surface area contributed by atoms with Crippen LogP contribution in [0.3, 0.4) is 0 Å². The molecule has 0 fully saturated rings. The number of carbonyl (C=O) groups is 2. The Hall–Kier alpha value is -2.03. The van der Waals surface area contributed by atoms with Crippen molar-refractivity contribution in [1.82, 2.24) is 5.32 Å². The molecule has 0 aromatic heterocycles. The molecule has 1 aromatic rings. The van der Waals surface area contributed by atoms with Gasteiger partial charge >= 0.3 is 5.97 Å². The molecule has 0 aliphatic carbocycles. The lowest BCUT2D eigenvalue weighted by molar-refractivity contribution is -0.115. The lowest BCUT2D eigenvalue weighted by atomic mass is 10.2. The van der Waals surface area contributed by atoms with Gasteiger partial charge in [0.05, 0.1) is 29.4 Å². The third-order valence-electron chi connectivity index (χ3n) is 2.00. The minimum atomic E-state index is -1.08. The summed E-state index contributed by atoms with van der Waals surface area (Å²) in [7, 11) is 0. The summed E-state index contributed by atoms with van der Waals surface area (Å²) in [4.78, 5) is 22.1. The fraction of sp³-hybridized carbons (Fsp3) is 0.167. The molecule has 0 saturated heterocycles. The van der Waals surface area contributed by atoms with E-state index in [9.17, 15) is 9.59 Å². The van der Waals surface area contributed by atoms with Crippen molar-refractivity contribution in [2.75, 3.05) is 18.4 Å². The first-order chi connectivity index (χ1) is 8.54. The number of amides is 1. The molecule has 0 bridgehead atoms. The van der Waals surface area contributed by atoms with Crippen LogP contribution in [0.25, 0.3) is 0 Å². The third kappa shape index (κ3) is 4.09. The quantitative estimate of drug-likeness (QED) is 0.553. The molecule has 0 unspecified atom stereocenters. The summed E-state index contributed by atoms with van der Waals surface area (Å²) in [5.41, 5.74) is 0.414. The van der Waals surface area contributed by atoms with Gasteiger partial charge in [-0.25, -0.2) is 4.79 Å². The highest BCUT2D eigenvalue weighted by molar-refractivity contribution is 6.34. The van der Waals surface area contributed by atoms with Crippen molar-refractivity contribution in [3.63, 3.8) is 0 Å². The number of carboxylic acids is 1. The van der Waals surface area contributed by atoms with E-state index in [0.29, 0.717) is 12.2 Å². The number of hydrogen-bond acceptors (Lipinski definition) is 3. The molecule has 0 atom stereocenters. The van der Waals surface area contributed by atoms with Gasteiger partial charge in [-0.3, -0.25) is 10.1 Å². The highest BCUT2D eigenvalue weighted by Crippen LogP contribution is 2.22. The number of benzene rings is 1. The molecule has 18 heavy (non-hydrogen) atoms. The Labute approximate surface area is 109 Å². The van der Waals surface area contributed by atoms with Crippen LogP contribution in [0.1, 0.15) is 10.4 Å². The van der Waals surface area contributed by atoms with Crippen LogP contribution in [0.5, 0.6) is 0 Å². The average molecular weight is 267 g/mol. The standard InChI is InChI=1S/C12H11ClN2O3/c1-2-5-14-7-11(16)15-10-4-3-8(12(17)18)6-9(10)13/h1,3-4,6,14H,5,7H2,(H,15,16)(H,17,18). The van der Waals surface area contributed by atoms with E-state index in [0.717, 1.165) is 0 Å². The minimum absolute atomic E-state index is 0.0568. The monoisotopic (exact) mass is 266 g/mol. The molecule has 94 valence electrons. The maximum atomic E-state index is 11.4. The van der Waals surface area contributed by atoms with E-state index in [1.165, 1.54) is 18.2 Å². The number of aromatic carboxylic acids is 1. The summed E-state index contributed by atoms with van der Waals surface area (Å²) >= 11 is 5.85. The maximum absolute atomic E-state index is 11.4. The van der Waals surface area contributed by atoms with Crippen molar-refractivity contribution in [1.29, 1.82) is 0 Å². The van der Waals surface area contributed by atoms with Gasteiger partial charge in [0, 0.05) is 0 Å². The first kappa shape index (κ1) is 14.0. The number of carboxylic acid groups (broad SMARTS) is 1. The van der Waals surface area contributed by atoms with Gasteiger partial charge in [-0.1, -0.05) is 17.5 Å². The van der Waals surface area contributed by atoms with Gasteiger partial charge in [0.25, 0.3) is 0 Å². The Morgan fingerprint density at radius 3 is 2.72 bits per heavy atom. The molecule has 1 aromatic carbocycles. The molecule has 0 spiro atoms. The zero-order valence-corrected chi connectivity index (χ0v) is 10.1. The summed E-state index contributed by atoms with van der Waals surface area (Å²) in [6.07, 6.45) is 5.02. The Morgan fingerprint density at radius 1 is 1.44 bits per heavy atom. The SMILES string of the molecule is C#CCNCC(=O)Nc1ccc(C(=O)O)cc1Cl. The van der Waals surface area contributed by atoms with Crippen LogP contribution >= 0.6 is 11.6 Å². The molecule has 0 saturated carbocycles. The van der Waals surface area contributed by atoms with Gasteiger partial charge in [0.2, 0.25) is 5.91 Å². The molecule has 5 nitrogen and oxygen atoms in total. The molecule has 0 aliphatic rings. The van der Waals surface area contributed by atoms with Crippen molar-refractivity contribution in [2.45, 2.75) is 0 Å². The summed E-state index contributed by atoms with van der Waals surface area (Å²) < 4.78 is 0. The largest absolute Gasteiger partial charge is 0.478 e. The van der Waals surface area contributed by atoms with Gasteiger partial charge in [0.15, 0.2) is 0 Å². The van der Waals surface area contributed by atoms with Gasteiger partial charge < -0.3 is 10.4 Å². The van der Waals surface area contributed by atoms with Crippen LogP contribution < -0.4 is 10.6 Å². The van der Waals surface area contributed by atoms with Gasteiger partial charge in [0.1, 0.15) is 0 Å². The van der Waals surface area contributed by atoms with Crippen LogP contribution in [0, 0.1) is 12.3 Å². The summed E-state index contributed by atoms with van der Waals surface area (Å²) in [6.45, 7) is 0.348. The zero-order chi connectivity index (χ0) is 13.5. The lowest BCUT2D eigenvalue weighted by Crippen LogP contribution is -2.28. The molecular weight excluding hydrogens is 256 g/mol. The first-order valence-electron chi connectivity index (χ1n) is 5.01. The third-order valence-corrected chi connectivity index (χ3v) is 2.32. The smallest absolute Gasteiger partial charge is 0.335 e. The fourth-order valence-corrected chi connectivity index (χ4v) is 1.42. The summed E-state index contributed by atoms with van der Waals surface area (Å²) in [5, 5.41) is 14.2. The van der Waals surface area contributed by atoms with Crippen molar-refractivity contribution >= 4 is 29.2 Å². The highest BCUT2D eigenvalue weighted by Gasteiger charge is 2.09. The topological polar surface area (TPSA) is 78.4 Å². The molecule has 1 amide bonds. The van der Waals surface area contributed by atoms with Crippen molar-refractivity contribution < 1.29 is 14.7 Å². The van der Waals surface area contributed by atoms with Crippen molar-refractivity contribution in [3.8, 4) is 12.3 Å². The van der Waals surface area contributed by atoms with E-state index in [4.69, 9.17) is 23.1 Å². The van der Waals surface area contributed by atoms with Crippen LogP contribution in [0.2, 0.25) is 5.02 Å². The molecule has 0 radical (unpaired) electrons. The summed E-state index contributed by atoms with van der Waals surface area (Å²) in [6, 6.07) is 4.07. The van der Waals surface area contributed by atoms with Gasteiger partial charge in [-0.05, 0) is 18.2 Å². The van der Waals surface area contributed by atoms with E-state index in [1.54, 1.807) is 0 Å². The average Bonchev–Trinajstić information content (AvgIpc) is 2.32. The molecule has 0 aliphatic heterocycles. The van der Waals surface area contributed by atoms with Gasteiger partial charge in [-0.15, -0.1) is 6.42 Å². The van der Waals surface area contributed by atoms with Crippen molar-refractivity contribution in [2.24, 2.45) is 0 Å². The molecule has 3 N–H and O–H groups in total. The number of hydrogen-bond donors (Lipinski definition) is 3. The summed E-state index contributed by atoms with van der Waals surface area (Å²) in [5.74, 6) is 0.948. The first-order valence-corrected chi connectivity index (χ1v) is 5.39. The van der Waals surface area contributed by atoms with Crippen molar-refractivity contribution in [3.05, 3.63) is 28.8 Å². The molecule has 1 rings (SSSR count). The molecule has 6 heteroatoms. The Balaban J connectivity index is 2.65. The number of terminal acetylenes is 1. The number of carbonyl (C=O) groups excluding carboxylic acids is 1. The van der Waals surface area contributed by atoms with E-state index in [2.05, 4.69) is 16.6 Å². The van der Waals surface area contributed by atoms with Crippen LogP contribution in [0.15, 0.2) is 18.2 Å². The van der Waals surface area contributed by atoms with E-state index in [-0.39, 0.29) is 23.0 Å². The second kappa shape index (κ2) is 6.64. The van der Waals surface area contributed by atoms with Gasteiger partial charge in [-0.2, -0.15) is 0 Å². The highest BCUT2D eigenvalue weighted by atomic mass is 35.5. The van der Waals surface area contributed by atoms with E-state index >= 15 is 0 Å². The minimum Gasteiger partial charge on any atom is -0.478 e. The molecular formula is C12H11ClN2O3. The number of anilines is 1. The predicted molar refractivity (Wildman–Crippen MR) is 68.7 cm³/mol. The predicted octanol–water partition coefficient (Wildman–Crippen LogP) is 1.20. The Morgan fingerprint density at radius 2 is 2.17 bits per heavy atom. The molecule has 0 heterocycles. The zero-order valence-electron chi connectivity index (χ0n) is 9.37. The fourth-order valence-electron chi connectivity index (χ4n) is 1.19. The second-order valence-electron chi connectivity index (χ2n) is 3.36. The van der Waals surface area contributed by atoms with E-state index in [1.807, 2.05) is 0 Å². The Kier molecular flexibility index (Phi) is 5.18. The van der Waals surface area contributed by atoms with Crippen LogP contribution in [-0.4, -0.2) is 30.1 Å².